The Morgan fingerprint density at radius 2 is 1.46 bits per heavy atom. The second-order valence-corrected chi connectivity index (χ2v) is 28.7. The van der Waals surface area contributed by atoms with Crippen molar-refractivity contribution in [3.05, 3.63) is 59.7 Å². The SMILES string of the molecule is C=C1C[C@@H]2CC[C@@]34CC5O[C@H]6[C@@H](O3)[C@H]3OC(CC[C@@H]3O[C@H]6C5O4)CC(O)C[C@H]3[C@H](CC4O[C@@H](CCC1O2)C[C@@H](C)C4=C)OC(C[C@@H](CN1C(=O)c2ccccc2C1=O)O[Si](C)(C)C(C)(C)C)[C@@H]3OC. The van der Waals surface area contributed by atoms with E-state index in [1.165, 1.54) is 4.90 Å². The van der Waals surface area contributed by atoms with E-state index in [4.69, 9.17) is 47.1 Å². The van der Waals surface area contributed by atoms with Crippen LogP contribution in [0.1, 0.15) is 132 Å². The molecular formula is C54H77NO13Si. The number of hydrogen-bond donors (Lipinski definition) is 1. The third kappa shape index (κ3) is 9.02. The maximum absolute atomic E-state index is 13.8. The van der Waals surface area contributed by atoms with Gasteiger partial charge in [-0.25, -0.2) is 0 Å². The summed E-state index contributed by atoms with van der Waals surface area (Å²) in [7, 11) is -0.732. The molecule has 12 bridgehead atoms. The lowest BCUT2D eigenvalue weighted by molar-refractivity contribution is -0.294. The quantitative estimate of drug-likeness (QED) is 0.163. The molecule has 1 spiro atoms. The van der Waals surface area contributed by atoms with Crippen LogP contribution in [0.15, 0.2) is 48.6 Å². The van der Waals surface area contributed by atoms with E-state index in [0.29, 0.717) is 49.7 Å². The smallest absolute Gasteiger partial charge is 0.261 e. The average molecular weight is 976 g/mol. The molecule has 11 heterocycles. The topological polar surface area (TPSA) is 150 Å². The van der Waals surface area contributed by atoms with Crippen LogP contribution in [0.2, 0.25) is 18.1 Å². The summed E-state index contributed by atoms with van der Waals surface area (Å²) in [4.78, 5) is 29.0. The van der Waals surface area contributed by atoms with Crippen molar-refractivity contribution >= 4 is 20.1 Å². The highest BCUT2D eigenvalue weighted by Gasteiger charge is 2.69. The predicted molar refractivity (Wildman–Crippen MR) is 256 cm³/mol. The molecule has 2 amide bonds. The summed E-state index contributed by atoms with van der Waals surface area (Å²) >= 11 is 0. The van der Waals surface area contributed by atoms with Gasteiger partial charge in [0.25, 0.3) is 11.8 Å². The van der Waals surface area contributed by atoms with E-state index in [-0.39, 0.29) is 115 Å². The van der Waals surface area contributed by atoms with Crippen LogP contribution >= 0.6 is 0 Å². The molecule has 1 aromatic carbocycles. The molecule has 0 saturated carbocycles. The lowest BCUT2D eigenvalue weighted by Gasteiger charge is -2.47. The molecule has 15 heteroatoms. The van der Waals surface area contributed by atoms with Crippen molar-refractivity contribution in [3.8, 4) is 0 Å². The Labute approximate surface area is 409 Å². The first kappa shape index (κ1) is 48.9. The Morgan fingerprint density at radius 3 is 2.20 bits per heavy atom. The van der Waals surface area contributed by atoms with Crippen LogP contribution < -0.4 is 0 Å². The molecule has 69 heavy (non-hydrogen) atoms. The van der Waals surface area contributed by atoms with E-state index < -0.39 is 38.5 Å². The standard InChI is InChI=1S/C54H77NO13Si/c1-28-20-32-14-16-39-29(2)21-34(60-39)18-19-54-26-44-47(66-54)48-49(65-44)50(67-54)46-40(64-48)17-15-33(62-46)22-31(56)23-38-42(25-41(61-32)30(28)3)63-43(45(38)59-7)24-35(68-69(8,9)53(4,5)6)27-55-51(57)36-12-10-11-13-37(36)52(55)58/h10-13,28,31-35,38-50,56H,2-3,14-27H2,1,4-9H3/t28-,31?,32+,33?,34+,35+,38+,39?,40+,41?,42+,43?,44?,45-,46+,47?,48+,49-,50+,54+/m1/s1. The van der Waals surface area contributed by atoms with Crippen LogP contribution in [0.25, 0.3) is 0 Å². The van der Waals surface area contributed by atoms with Gasteiger partial charge in [0.2, 0.25) is 0 Å². The molecule has 14 nitrogen and oxygen atoms in total. The van der Waals surface area contributed by atoms with Crippen LogP contribution in [-0.4, -0.2) is 153 Å². The molecule has 11 aliphatic heterocycles. The Balaban J connectivity index is 0.881. The largest absolute Gasteiger partial charge is 0.412 e. The number of fused-ring (bicyclic) bond motifs is 7. The van der Waals surface area contributed by atoms with Gasteiger partial charge in [-0.3, -0.25) is 14.5 Å². The third-order valence-electron chi connectivity index (χ3n) is 18.4. The molecule has 0 aliphatic carbocycles. The molecule has 0 radical (unpaired) electrons. The fourth-order valence-corrected chi connectivity index (χ4v) is 15.1. The summed E-state index contributed by atoms with van der Waals surface area (Å²) in [5.41, 5.74) is 3.00. The van der Waals surface area contributed by atoms with Crippen LogP contribution in [-0.2, 0) is 47.1 Å². The van der Waals surface area contributed by atoms with Gasteiger partial charge in [0.1, 0.15) is 30.5 Å². The van der Waals surface area contributed by atoms with Gasteiger partial charge in [-0.1, -0.05) is 53.0 Å². The summed E-state index contributed by atoms with van der Waals surface area (Å²) in [6.45, 7) is 22.4. The van der Waals surface area contributed by atoms with Gasteiger partial charge in [0.05, 0.1) is 90.9 Å². The number of nitrogens with zero attached hydrogens (tertiary/aromatic N) is 1. The number of aliphatic hydroxyl groups excluding tert-OH is 1. The fraction of sp³-hybridized carbons (Fsp3) is 0.778. The zero-order chi connectivity index (χ0) is 48.3. The maximum Gasteiger partial charge on any atom is 0.261 e. The van der Waals surface area contributed by atoms with E-state index in [2.05, 4.69) is 53.9 Å². The van der Waals surface area contributed by atoms with Crippen molar-refractivity contribution in [2.45, 2.75) is 239 Å². The minimum Gasteiger partial charge on any atom is -0.412 e. The number of aliphatic hydroxyl groups is 1. The van der Waals surface area contributed by atoms with Gasteiger partial charge < -0.3 is 52.2 Å². The summed E-state index contributed by atoms with van der Waals surface area (Å²) in [6.07, 6.45) is 4.12. The molecule has 11 aliphatic rings. The monoisotopic (exact) mass is 976 g/mol. The fourth-order valence-electron chi connectivity index (χ4n) is 13.7. The Kier molecular flexibility index (Phi) is 13.1. The minimum atomic E-state index is -2.45. The highest BCUT2D eigenvalue weighted by Crippen LogP contribution is 2.55. The minimum absolute atomic E-state index is 0.000633. The zero-order valence-corrected chi connectivity index (χ0v) is 42.9. The van der Waals surface area contributed by atoms with E-state index in [9.17, 15) is 14.7 Å². The van der Waals surface area contributed by atoms with Gasteiger partial charge in [-0.05, 0) is 105 Å². The number of ether oxygens (including phenoxy) is 9. The van der Waals surface area contributed by atoms with Crippen molar-refractivity contribution < 1.29 is 61.8 Å². The van der Waals surface area contributed by atoms with Gasteiger partial charge >= 0.3 is 0 Å². The van der Waals surface area contributed by atoms with Crippen LogP contribution in [0.4, 0.5) is 0 Å². The maximum atomic E-state index is 13.8. The average Bonchev–Trinajstić information content (AvgIpc) is 4.03. The first-order valence-electron chi connectivity index (χ1n) is 26.4. The highest BCUT2D eigenvalue weighted by molar-refractivity contribution is 6.74. The Hall–Kier alpha value is -2.38. The molecule has 380 valence electrons. The Bertz CT molecular complexity index is 2110. The van der Waals surface area contributed by atoms with E-state index in [0.717, 1.165) is 56.1 Å². The second kappa shape index (κ2) is 18.5. The highest BCUT2D eigenvalue weighted by atomic mass is 28.4. The van der Waals surface area contributed by atoms with Crippen molar-refractivity contribution in [2.75, 3.05) is 13.7 Å². The summed E-state index contributed by atoms with van der Waals surface area (Å²) in [6, 6.07) is 7.00. The van der Waals surface area contributed by atoms with E-state index in [1.54, 1.807) is 31.4 Å². The number of methoxy groups -OCH3 is 1. The van der Waals surface area contributed by atoms with Gasteiger partial charge in [0, 0.05) is 38.7 Å². The van der Waals surface area contributed by atoms with Crippen molar-refractivity contribution in [3.63, 3.8) is 0 Å². The lowest BCUT2D eigenvalue weighted by atomic mass is 9.81. The molecule has 0 aromatic heterocycles. The molecule has 7 unspecified atom stereocenters. The summed E-state index contributed by atoms with van der Waals surface area (Å²) in [5, 5.41) is 12.1. The van der Waals surface area contributed by atoms with Crippen molar-refractivity contribution in [1.82, 2.24) is 4.90 Å². The van der Waals surface area contributed by atoms with E-state index >= 15 is 0 Å². The van der Waals surface area contributed by atoms with Gasteiger partial charge in [0.15, 0.2) is 14.1 Å². The molecule has 1 N–H and O–H groups in total. The molecule has 20 atom stereocenters. The van der Waals surface area contributed by atoms with Crippen molar-refractivity contribution in [1.29, 1.82) is 0 Å². The number of hydrogen-bond acceptors (Lipinski definition) is 13. The van der Waals surface area contributed by atoms with Crippen molar-refractivity contribution in [2.24, 2.45) is 11.8 Å². The number of carbonyl (C=O) groups is 2. The molecule has 12 rings (SSSR count). The second-order valence-electron chi connectivity index (χ2n) is 24.0. The number of imide groups is 1. The molecule has 10 saturated heterocycles. The van der Waals surface area contributed by atoms with Crippen LogP contribution in [0.5, 0.6) is 0 Å². The normalized spacial score (nSPS) is 44.8. The van der Waals surface area contributed by atoms with Gasteiger partial charge in [-0.2, -0.15) is 0 Å². The number of amides is 2. The van der Waals surface area contributed by atoms with E-state index in [1.807, 2.05) is 0 Å². The predicted octanol–water partition coefficient (Wildman–Crippen LogP) is 7.60. The molecule has 10 fully saturated rings. The van der Waals surface area contributed by atoms with Gasteiger partial charge in [-0.15, -0.1) is 0 Å². The lowest BCUT2D eigenvalue weighted by Crippen LogP contribution is -2.61. The first-order chi connectivity index (χ1) is 32.9. The summed E-state index contributed by atoms with van der Waals surface area (Å²) < 4.78 is 69.0. The first-order valence-corrected chi connectivity index (χ1v) is 29.3. The molecular weight excluding hydrogens is 899 g/mol. The zero-order valence-electron chi connectivity index (χ0n) is 41.9. The number of rotatable bonds is 7. The number of benzene rings is 1. The third-order valence-corrected chi connectivity index (χ3v) is 22.9. The number of carbonyl (C=O) groups excluding carboxylic acids is 2. The van der Waals surface area contributed by atoms with Crippen LogP contribution in [0, 0.1) is 11.8 Å². The molecule has 1 aromatic rings. The Morgan fingerprint density at radius 1 is 0.783 bits per heavy atom. The van der Waals surface area contributed by atoms with Crippen LogP contribution in [0.3, 0.4) is 0 Å². The summed E-state index contributed by atoms with van der Waals surface area (Å²) in [5.74, 6) is -1.42.